The van der Waals surface area contributed by atoms with Crippen molar-refractivity contribution in [3.8, 4) is 6.07 Å². The van der Waals surface area contributed by atoms with Crippen LogP contribution in [-0.2, 0) is 20.7 Å². The van der Waals surface area contributed by atoms with E-state index in [0.29, 0.717) is 12.2 Å². The van der Waals surface area contributed by atoms with Gasteiger partial charge in [0.2, 0.25) is 0 Å². The van der Waals surface area contributed by atoms with Crippen LogP contribution in [0.2, 0.25) is 0 Å². The lowest BCUT2D eigenvalue weighted by Crippen LogP contribution is -2.51. The Bertz CT molecular complexity index is 1150. The van der Waals surface area contributed by atoms with Crippen molar-refractivity contribution < 1.29 is 23.5 Å². The minimum Gasteiger partial charge on any atom is -0.444 e. The number of likely N-dealkylation sites (tertiary alicyclic amines) is 1. The highest BCUT2D eigenvalue weighted by Crippen LogP contribution is 2.44. The maximum Gasteiger partial charge on any atom is 0.411 e. The second kappa shape index (κ2) is 10.8. The number of ketones is 1. The van der Waals surface area contributed by atoms with E-state index in [1.165, 1.54) is 0 Å². The highest BCUT2D eigenvalue weighted by Gasteiger charge is 2.52. The summed E-state index contributed by atoms with van der Waals surface area (Å²) in [4.78, 5) is 30.3. The minimum atomic E-state index is -0.663. The summed E-state index contributed by atoms with van der Waals surface area (Å²) >= 11 is 0. The Hall–Kier alpha value is -2.76. The Kier molecular flexibility index (Phi) is 7.61. The van der Waals surface area contributed by atoms with Crippen LogP contribution in [0.15, 0.2) is 24.3 Å². The molecule has 7 nitrogen and oxygen atoms in total. The zero-order valence-corrected chi connectivity index (χ0v) is 22.6. The number of fused-ring (bicyclic) bond motifs is 3. The average molecular weight is 524 g/mol. The molecule has 1 aromatic rings. The smallest absolute Gasteiger partial charge is 0.411 e. The Balaban J connectivity index is 1.25. The van der Waals surface area contributed by atoms with Gasteiger partial charge in [-0.15, -0.1) is 0 Å². The maximum absolute atomic E-state index is 15.2. The van der Waals surface area contributed by atoms with E-state index in [4.69, 9.17) is 9.47 Å². The minimum absolute atomic E-state index is 0.00641. The van der Waals surface area contributed by atoms with E-state index in [-0.39, 0.29) is 42.4 Å². The van der Waals surface area contributed by atoms with E-state index >= 15 is 4.39 Å². The van der Waals surface area contributed by atoms with Crippen molar-refractivity contribution in [2.24, 2.45) is 11.8 Å². The molecule has 5 atom stereocenters. The largest absolute Gasteiger partial charge is 0.444 e. The van der Waals surface area contributed by atoms with Gasteiger partial charge in [-0.3, -0.25) is 14.6 Å². The Morgan fingerprint density at radius 3 is 2.82 bits per heavy atom. The van der Waals surface area contributed by atoms with Gasteiger partial charge in [-0.2, -0.15) is 5.26 Å². The van der Waals surface area contributed by atoms with Gasteiger partial charge >= 0.3 is 6.09 Å². The zero-order valence-electron chi connectivity index (χ0n) is 22.6. The van der Waals surface area contributed by atoms with Crippen LogP contribution in [0.3, 0.4) is 0 Å². The SMILES string of the molecule is CC(C)(C)OC(=O)N1[C@@H]2CC[C@@H](C2)[C@H]1C(=O)C[C@H](C#N)Cc1ccc(C2=CC3COCCN3CC2)cc1F. The van der Waals surface area contributed by atoms with Gasteiger partial charge in [-0.1, -0.05) is 18.2 Å². The molecular formula is C30H38FN3O4. The number of piperidine rings is 1. The lowest BCUT2D eigenvalue weighted by molar-refractivity contribution is -0.126. The monoisotopic (exact) mass is 523 g/mol. The van der Waals surface area contributed by atoms with Gasteiger partial charge in [-0.05, 0) is 81.6 Å². The van der Waals surface area contributed by atoms with E-state index in [0.717, 1.165) is 56.5 Å². The molecule has 38 heavy (non-hydrogen) atoms. The highest BCUT2D eigenvalue weighted by atomic mass is 19.1. The van der Waals surface area contributed by atoms with Crippen LogP contribution in [0.4, 0.5) is 9.18 Å². The van der Waals surface area contributed by atoms with E-state index in [1.54, 1.807) is 17.0 Å². The number of halogens is 1. The number of ether oxygens (including phenoxy) is 2. The maximum atomic E-state index is 15.2. The summed E-state index contributed by atoms with van der Waals surface area (Å²) in [6, 6.07) is 7.11. The molecule has 1 aromatic carbocycles. The van der Waals surface area contributed by atoms with Gasteiger partial charge in [0.05, 0.1) is 37.3 Å². The highest BCUT2D eigenvalue weighted by molar-refractivity contribution is 5.89. The lowest BCUT2D eigenvalue weighted by Gasteiger charge is -2.37. The van der Waals surface area contributed by atoms with Crippen molar-refractivity contribution in [1.29, 1.82) is 5.26 Å². The summed E-state index contributed by atoms with van der Waals surface area (Å²) < 4.78 is 26.4. The predicted octanol–water partition coefficient (Wildman–Crippen LogP) is 4.74. The number of benzene rings is 1. The third-order valence-electron chi connectivity index (χ3n) is 8.38. The summed E-state index contributed by atoms with van der Waals surface area (Å²) in [7, 11) is 0. The number of nitriles is 1. The molecule has 0 N–H and O–H groups in total. The molecule has 3 heterocycles. The first-order chi connectivity index (χ1) is 18.1. The van der Waals surface area contributed by atoms with Crippen LogP contribution >= 0.6 is 0 Å². The first-order valence-electron chi connectivity index (χ1n) is 13.9. The van der Waals surface area contributed by atoms with Crippen LogP contribution in [0.25, 0.3) is 5.57 Å². The van der Waals surface area contributed by atoms with Gasteiger partial charge in [-0.25, -0.2) is 9.18 Å². The predicted molar refractivity (Wildman–Crippen MR) is 141 cm³/mol. The zero-order chi connectivity index (χ0) is 27.0. The van der Waals surface area contributed by atoms with Crippen LogP contribution in [0.1, 0.15) is 64.0 Å². The van der Waals surface area contributed by atoms with E-state index in [1.807, 2.05) is 26.8 Å². The third-order valence-corrected chi connectivity index (χ3v) is 8.38. The number of rotatable bonds is 6. The molecule has 0 aromatic heterocycles. The number of carbonyl (C=O) groups excluding carboxylic acids is 2. The molecule has 3 aliphatic heterocycles. The van der Waals surface area contributed by atoms with Crippen molar-refractivity contribution in [3.05, 3.63) is 41.2 Å². The third kappa shape index (κ3) is 5.64. The summed E-state index contributed by atoms with van der Waals surface area (Å²) in [5, 5.41) is 9.84. The summed E-state index contributed by atoms with van der Waals surface area (Å²) in [5.74, 6) is -1.04. The number of morpholine rings is 1. The van der Waals surface area contributed by atoms with Crippen LogP contribution < -0.4 is 0 Å². The number of Topliss-reactive ketones (excluding diaryl/α,β-unsaturated/α-hetero) is 1. The van der Waals surface area contributed by atoms with E-state index < -0.39 is 23.7 Å². The molecule has 1 saturated carbocycles. The van der Waals surface area contributed by atoms with Crippen molar-refractivity contribution in [2.75, 3.05) is 26.3 Å². The quantitative estimate of drug-likeness (QED) is 0.536. The molecule has 2 saturated heterocycles. The fourth-order valence-corrected chi connectivity index (χ4v) is 6.59. The molecule has 2 bridgehead atoms. The Morgan fingerprint density at radius 2 is 2.08 bits per heavy atom. The van der Waals surface area contributed by atoms with Crippen LogP contribution in [0, 0.1) is 29.0 Å². The molecule has 1 amide bonds. The second-order valence-corrected chi connectivity index (χ2v) is 12.2. The Labute approximate surface area is 224 Å². The van der Waals surface area contributed by atoms with Crippen LogP contribution in [-0.4, -0.2) is 71.7 Å². The molecular weight excluding hydrogens is 485 g/mol. The Morgan fingerprint density at radius 1 is 1.26 bits per heavy atom. The molecule has 204 valence electrons. The molecule has 0 spiro atoms. The van der Waals surface area contributed by atoms with Crippen LogP contribution in [0.5, 0.6) is 0 Å². The first-order valence-corrected chi connectivity index (χ1v) is 13.9. The average Bonchev–Trinajstić information content (AvgIpc) is 3.50. The van der Waals surface area contributed by atoms with Gasteiger partial charge in [0, 0.05) is 25.6 Å². The van der Waals surface area contributed by atoms with E-state index in [2.05, 4.69) is 17.0 Å². The number of carbonyl (C=O) groups is 2. The number of hydrogen-bond acceptors (Lipinski definition) is 6. The molecule has 1 unspecified atom stereocenters. The standard InChI is InChI=1S/C30H38FN3O4/c1-30(2,3)38-29(36)34-24-7-6-23(15-24)28(34)27(35)13-19(17-32)12-22-5-4-20(16-26(22)31)21-8-9-33-10-11-37-18-25(33)14-21/h4-5,14,16,19,23-25,28H,6-13,15,18H2,1-3H3/t19-,23+,24-,25?,28+/m1/s1. The number of amides is 1. The normalized spacial score (nSPS) is 27.9. The fourth-order valence-electron chi connectivity index (χ4n) is 6.59. The van der Waals surface area contributed by atoms with Gasteiger partial charge < -0.3 is 9.47 Å². The number of nitrogens with zero attached hydrogens (tertiary/aromatic N) is 3. The van der Waals surface area contributed by atoms with Crippen molar-refractivity contribution in [1.82, 2.24) is 9.80 Å². The number of hydrogen-bond donors (Lipinski definition) is 0. The first kappa shape index (κ1) is 26.8. The summed E-state index contributed by atoms with van der Waals surface area (Å²) in [6.07, 6.45) is 5.30. The topological polar surface area (TPSA) is 82.9 Å². The molecule has 4 aliphatic rings. The van der Waals surface area contributed by atoms with Gasteiger partial charge in [0.15, 0.2) is 5.78 Å². The van der Waals surface area contributed by atoms with Crippen molar-refractivity contribution >= 4 is 17.4 Å². The molecule has 1 aliphatic carbocycles. The lowest BCUT2D eigenvalue weighted by atomic mass is 9.87. The second-order valence-electron chi connectivity index (χ2n) is 12.2. The van der Waals surface area contributed by atoms with Crippen molar-refractivity contribution in [2.45, 2.75) is 83.0 Å². The fraction of sp³-hybridized carbons (Fsp3) is 0.633. The summed E-state index contributed by atoms with van der Waals surface area (Å²) in [6.45, 7) is 8.71. The molecule has 3 fully saturated rings. The molecule has 0 radical (unpaired) electrons. The molecule has 8 heteroatoms. The molecule has 5 rings (SSSR count). The van der Waals surface area contributed by atoms with Gasteiger partial charge in [0.1, 0.15) is 11.4 Å². The van der Waals surface area contributed by atoms with Gasteiger partial charge in [0.25, 0.3) is 0 Å². The summed E-state index contributed by atoms with van der Waals surface area (Å²) in [5.41, 5.74) is 1.76. The van der Waals surface area contributed by atoms with Crippen molar-refractivity contribution in [3.63, 3.8) is 0 Å². The van der Waals surface area contributed by atoms with E-state index in [9.17, 15) is 14.9 Å².